The lowest BCUT2D eigenvalue weighted by Crippen LogP contribution is -2.25. The summed E-state index contributed by atoms with van der Waals surface area (Å²) in [6.07, 6.45) is 3.27. The van der Waals surface area contributed by atoms with Crippen molar-refractivity contribution in [1.82, 2.24) is 14.8 Å². The van der Waals surface area contributed by atoms with Gasteiger partial charge in [-0.25, -0.2) is 0 Å². The lowest BCUT2D eigenvalue weighted by atomic mass is 10.1. The molecule has 0 aromatic carbocycles. The second-order valence-corrected chi connectivity index (χ2v) is 7.55. The summed E-state index contributed by atoms with van der Waals surface area (Å²) in [6.45, 7) is 5.20. The van der Waals surface area contributed by atoms with Crippen molar-refractivity contribution in [3.63, 3.8) is 0 Å². The quantitative estimate of drug-likeness (QED) is 0.813. The highest BCUT2D eigenvalue weighted by atomic mass is 32.2. The van der Waals surface area contributed by atoms with E-state index in [0.29, 0.717) is 0 Å². The van der Waals surface area contributed by atoms with Gasteiger partial charge < -0.3 is 9.67 Å². The topological polar surface area (TPSA) is 68.0 Å². The molecule has 0 aliphatic carbocycles. The molecule has 19 heavy (non-hydrogen) atoms. The maximum atomic E-state index is 10.7. The number of hydrogen-bond acceptors (Lipinski definition) is 5. The molecule has 1 fully saturated rings. The molecule has 1 aliphatic rings. The highest BCUT2D eigenvalue weighted by molar-refractivity contribution is 8.00. The molecule has 1 aromatic rings. The van der Waals surface area contributed by atoms with Gasteiger partial charge in [0.25, 0.3) is 0 Å². The van der Waals surface area contributed by atoms with Gasteiger partial charge in [-0.05, 0) is 25.5 Å². The first kappa shape index (κ1) is 14.7. The molecular weight excluding hydrogens is 282 g/mol. The largest absolute Gasteiger partial charge is 0.481 e. The molecule has 7 heteroatoms. The van der Waals surface area contributed by atoms with Crippen molar-refractivity contribution in [1.29, 1.82) is 0 Å². The maximum Gasteiger partial charge on any atom is 0.313 e. The average Bonchev–Trinajstić information content (AvgIpc) is 2.94. The highest BCUT2D eigenvalue weighted by Crippen LogP contribution is 2.39. The van der Waals surface area contributed by atoms with Crippen LogP contribution >= 0.6 is 23.5 Å². The van der Waals surface area contributed by atoms with Gasteiger partial charge in [-0.15, -0.1) is 10.2 Å². The number of carboxylic acid groups (broad SMARTS) is 1. The van der Waals surface area contributed by atoms with E-state index in [1.54, 1.807) is 0 Å². The van der Waals surface area contributed by atoms with Crippen molar-refractivity contribution >= 4 is 29.5 Å². The number of carbonyl (C=O) groups is 1. The summed E-state index contributed by atoms with van der Waals surface area (Å²) in [5.74, 6) is 1.37. The fourth-order valence-corrected chi connectivity index (χ4v) is 4.24. The molecule has 0 spiro atoms. The van der Waals surface area contributed by atoms with Crippen LogP contribution in [0.1, 0.15) is 32.5 Å². The minimum Gasteiger partial charge on any atom is -0.481 e. The number of carboxylic acids is 1. The van der Waals surface area contributed by atoms with Gasteiger partial charge in [-0.1, -0.05) is 18.7 Å². The van der Waals surface area contributed by atoms with E-state index in [9.17, 15) is 4.79 Å². The number of aromatic nitrogens is 3. The molecule has 0 saturated carbocycles. The smallest absolute Gasteiger partial charge is 0.313 e. The molecule has 1 aliphatic heterocycles. The third kappa shape index (κ3) is 3.66. The van der Waals surface area contributed by atoms with Gasteiger partial charge in [-0.2, -0.15) is 11.8 Å². The Kier molecular flexibility index (Phi) is 4.78. The van der Waals surface area contributed by atoms with E-state index in [4.69, 9.17) is 5.11 Å². The van der Waals surface area contributed by atoms with Crippen LogP contribution in [0.15, 0.2) is 5.16 Å². The van der Waals surface area contributed by atoms with Crippen LogP contribution in [0.4, 0.5) is 0 Å². The molecule has 106 valence electrons. The summed E-state index contributed by atoms with van der Waals surface area (Å²) in [4.78, 5) is 10.7. The molecule has 1 atom stereocenters. The van der Waals surface area contributed by atoms with Gasteiger partial charge >= 0.3 is 5.97 Å². The summed E-state index contributed by atoms with van der Waals surface area (Å²) in [6, 6.07) is 0. The minimum absolute atomic E-state index is 0.0334. The molecule has 0 radical (unpaired) electrons. The number of aliphatic carboxylic acids is 1. The molecule has 0 amide bonds. The molecule has 0 bridgehead atoms. The van der Waals surface area contributed by atoms with Gasteiger partial charge in [-0.3, -0.25) is 4.79 Å². The van der Waals surface area contributed by atoms with Crippen molar-refractivity contribution in [2.24, 2.45) is 0 Å². The molecule has 5 nitrogen and oxygen atoms in total. The first-order valence-electron chi connectivity index (χ1n) is 6.45. The molecular formula is C12H19N3O2S2. The number of nitrogens with zero attached hydrogens (tertiary/aromatic N) is 3. The highest BCUT2D eigenvalue weighted by Gasteiger charge is 2.31. The first-order chi connectivity index (χ1) is 9.04. The summed E-state index contributed by atoms with van der Waals surface area (Å²) < 4.78 is 2.33. The lowest BCUT2D eigenvalue weighted by molar-refractivity contribution is -0.133. The summed E-state index contributed by atoms with van der Waals surface area (Å²) >= 11 is 3.25. The van der Waals surface area contributed by atoms with Crippen LogP contribution in [-0.4, -0.2) is 42.1 Å². The van der Waals surface area contributed by atoms with Crippen molar-refractivity contribution in [2.75, 3.05) is 11.5 Å². The Bertz CT molecular complexity index is 456. The molecule has 1 N–H and O–H groups in total. The zero-order valence-corrected chi connectivity index (χ0v) is 12.9. The van der Waals surface area contributed by atoms with Crippen LogP contribution in [0, 0.1) is 0 Å². The first-order valence-corrected chi connectivity index (χ1v) is 8.42. The van der Waals surface area contributed by atoms with Crippen molar-refractivity contribution < 1.29 is 9.90 Å². The van der Waals surface area contributed by atoms with Gasteiger partial charge in [0.15, 0.2) is 5.16 Å². The number of rotatable bonds is 6. The fourth-order valence-electron chi connectivity index (χ4n) is 2.27. The Labute approximate surface area is 121 Å². The second kappa shape index (κ2) is 6.17. The van der Waals surface area contributed by atoms with Crippen molar-refractivity contribution in [3.05, 3.63) is 5.82 Å². The van der Waals surface area contributed by atoms with Crippen LogP contribution in [0.5, 0.6) is 0 Å². The predicted molar refractivity (Wildman–Crippen MR) is 77.9 cm³/mol. The zero-order valence-electron chi connectivity index (χ0n) is 11.3. The van der Waals surface area contributed by atoms with E-state index >= 15 is 0 Å². The van der Waals surface area contributed by atoms with Crippen molar-refractivity contribution in [3.8, 4) is 0 Å². The SMILES string of the molecule is CCc1nnc(SCC(=O)O)n1CC1(C)CCCS1. The minimum atomic E-state index is -0.820. The number of hydrogen-bond donors (Lipinski definition) is 1. The third-order valence-electron chi connectivity index (χ3n) is 3.23. The maximum absolute atomic E-state index is 10.7. The molecule has 1 aromatic heterocycles. The molecule has 2 heterocycles. The lowest BCUT2D eigenvalue weighted by Gasteiger charge is -2.24. The molecule has 2 rings (SSSR count). The Balaban J connectivity index is 2.16. The summed E-state index contributed by atoms with van der Waals surface area (Å²) in [7, 11) is 0. The Hall–Kier alpha value is -0.690. The summed E-state index contributed by atoms with van der Waals surface area (Å²) in [5, 5.41) is 17.8. The van der Waals surface area contributed by atoms with E-state index in [1.165, 1.54) is 30.4 Å². The van der Waals surface area contributed by atoms with Crippen LogP contribution in [-0.2, 0) is 17.8 Å². The third-order valence-corrected chi connectivity index (χ3v) is 5.70. The van der Waals surface area contributed by atoms with Gasteiger partial charge in [0.2, 0.25) is 0 Å². The molecule has 1 unspecified atom stereocenters. The molecule has 1 saturated heterocycles. The van der Waals surface area contributed by atoms with Crippen molar-refractivity contribution in [2.45, 2.75) is 49.6 Å². The Morgan fingerprint density at radius 2 is 2.37 bits per heavy atom. The van der Waals surface area contributed by atoms with Gasteiger partial charge in [0.1, 0.15) is 5.82 Å². The van der Waals surface area contributed by atoms with Gasteiger partial charge in [0.05, 0.1) is 5.75 Å². The number of aryl methyl sites for hydroxylation is 1. The Morgan fingerprint density at radius 1 is 1.58 bits per heavy atom. The van der Waals surface area contributed by atoms with E-state index in [2.05, 4.69) is 28.6 Å². The van der Waals surface area contributed by atoms with E-state index in [-0.39, 0.29) is 10.5 Å². The normalized spacial score (nSPS) is 22.8. The average molecular weight is 301 g/mol. The number of thioether (sulfide) groups is 2. The predicted octanol–water partition coefficient (Wildman–Crippen LogP) is 2.30. The van der Waals surface area contributed by atoms with Gasteiger partial charge in [0, 0.05) is 17.7 Å². The van der Waals surface area contributed by atoms with E-state index in [1.807, 2.05) is 11.8 Å². The zero-order chi connectivity index (χ0) is 13.9. The van der Waals surface area contributed by atoms with Crippen LogP contribution in [0.2, 0.25) is 0 Å². The standard InChI is InChI=1S/C12H19N3O2S2/c1-3-9-13-14-11(18-7-10(16)17)15(9)8-12(2)5-4-6-19-12/h3-8H2,1-2H3,(H,16,17). The Morgan fingerprint density at radius 3 is 2.95 bits per heavy atom. The van der Waals surface area contributed by atoms with Crippen LogP contribution in [0.25, 0.3) is 0 Å². The monoisotopic (exact) mass is 301 g/mol. The second-order valence-electron chi connectivity index (χ2n) is 4.92. The van der Waals surface area contributed by atoms with Crippen LogP contribution < -0.4 is 0 Å². The fraction of sp³-hybridized carbons (Fsp3) is 0.750. The van der Waals surface area contributed by atoms with E-state index in [0.717, 1.165) is 23.9 Å². The summed E-state index contributed by atoms with van der Waals surface area (Å²) in [5.41, 5.74) is 0. The van der Waals surface area contributed by atoms with Crippen LogP contribution in [0.3, 0.4) is 0 Å². The van der Waals surface area contributed by atoms with E-state index < -0.39 is 5.97 Å².